The van der Waals surface area contributed by atoms with Gasteiger partial charge in [-0.1, -0.05) is 13.8 Å². The normalized spacial score (nSPS) is 15.7. The summed E-state index contributed by atoms with van der Waals surface area (Å²) < 4.78 is 0. The summed E-state index contributed by atoms with van der Waals surface area (Å²) in [7, 11) is 0. The van der Waals surface area contributed by atoms with Crippen LogP contribution in [0.5, 0.6) is 0 Å². The molecule has 5 atom stereocenters. The van der Waals surface area contributed by atoms with Gasteiger partial charge in [0.2, 0.25) is 23.6 Å². The average molecular weight is 461 g/mol. The van der Waals surface area contributed by atoms with E-state index in [1.807, 2.05) is 0 Å². The Kier molecular flexibility index (Phi) is 13.1. The molecule has 184 valence electrons. The fourth-order valence-corrected chi connectivity index (χ4v) is 2.66. The van der Waals surface area contributed by atoms with Crippen LogP contribution in [0.25, 0.3) is 0 Å². The van der Waals surface area contributed by atoms with E-state index >= 15 is 0 Å². The number of amides is 4. The van der Waals surface area contributed by atoms with Gasteiger partial charge in [0.1, 0.15) is 12.1 Å². The molecule has 0 aliphatic heterocycles. The maximum atomic E-state index is 12.8. The third-order valence-corrected chi connectivity index (χ3v) is 4.69. The van der Waals surface area contributed by atoms with Gasteiger partial charge < -0.3 is 43.4 Å². The van der Waals surface area contributed by atoms with Crippen LogP contribution < -0.4 is 33.2 Å². The number of carboxylic acids is 1. The highest BCUT2D eigenvalue weighted by atomic mass is 16.4. The monoisotopic (exact) mass is 460 g/mol. The smallest absolute Gasteiger partial charge is 0.328 e. The number of unbranched alkanes of at least 4 members (excludes halogenated alkanes) is 1. The molecule has 0 radical (unpaired) electrons. The standard InChI is InChI=1S/C19H36N6O7/c1-9(2)14(22)18(30)23-11(6-4-5-7-20)16(28)24-12(8-13(21)27)17(29)25-15(10(3)26)19(31)32/h9-12,14-15,26H,4-8,20,22H2,1-3H3,(H2,21,27)(H,23,30)(H,24,28)(H,25,29)(H,31,32). The second-order valence-corrected chi connectivity index (χ2v) is 7.91. The average Bonchev–Trinajstić information content (AvgIpc) is 2.68. The predicted molar refractivity (Wildman–Crippen MR) is 115 cm³/mol. The number of aliphatic hydroxyl groups excluding tert-OH is 1. The molecular formula is C19H36N6O7. The number of hydrogen-bond donors (Lipinski definition) is 8. The molecule has 0 aromatic rings. The summed E-state index contributed by atoms with van der Waals surface area (Å²) in [4.78, 5) is 60.3. The van der Waals surface area contributed by atoms with Gasteiger partial charge >= 0.3 is 5.97 Å². The number of carbonyl (C=O) groups is 5. The van der Waals surface area contributed by atoms with Gasteiger partial charge in [-0.05, 0) is 38.6 Å². The largest absolute Gasteiger partial charge is 0.480 e. The maximum Gasteiger partial charge on any atom is 0.328 e. The highest BCUT2D eigenvalue weighted by Crippen LogP contribution is 2.06. The van der Waals surface area contributed by atoms with E-state index in [0.717, 1.165) is 6.92 Å². The van der Waals surface area contributed by atoms with Crippen molar-refractivity contribution in [2.45, 2.75) is 76.7 Å². The molecule has 13 heteroatoms. The lowest BCUT2D eigenvalue weighted by molar-refractivity contribution is -0.145. The van der Waals surface area contributed by atoms with Crippen LogP contribution in [-0.4, -0.2) is 76.6 Å². The van der Waals surface area contributed by atoms with Crippen LogP contribution in [0.15, 0.2) is 0 Å². The second-order valence-electron chi connectivity index (χ2n) is 7.91. The Bertz CT molecular complexity index is 671. The molecule has 0 bridgehead atoms. The number of carboxylic acid groups (broad SMARTS) is 1. The Morgan fingerprint density at radius 1 is 0.875 bits per heavy atom. The van der Waals surface area contributed by atoms with Gasteiger partial charge in [0.25, 0.3) is 0 Å². The van der Waals surface area contributed by atoms with Crippen LogP contribution in [0.4, 0.5) is 0 Å². The molecule has 4 amide bonds. The first kappa shape index (κ1) is 29.2. The molecule has 0 aliphatic rings. The summed E-state index contributed by atoms with van der Waals surface area (Å²) in [5.41, 5.74) is 16.4. The fourth-order valence-electron chi connectivity index (χ4n) is 2.66. The van der Waals surface area contributed by atoms with Crippen molar-refractivity contribution in [1.82, 2.24) is 16.0 Å². The Balaban J connectivity index is 5.52. The lowest BCUT2D eigenvalue weighted by Crippen LogP contribution is -2.59. The second kappa shape index (κ2) is 14.3. The van der Waals surface area contributed by atoms with Crippen molar-refractivity contribution in [3.05, 3.63) is 0 Å². The van der Waals surface area contributed by atoms with Crippen molar-refractivity contribution in [3.8, 4) is 0 Å². The van der Waals surface area contributed by atoms with Crippen molar-refractivity contribution >= 4 is 29.6 Å². The molecule has 13 nitrogen and oxygen atoms in total. The molecule has 0 saturated heterocycles. The zero-order valence-corrected chi connectivity index (χ0v) is 18.7. The molecule has 0 rings (SSSR count). The molecule has 0 aromatic heterocycles. The van der Waals surface area contributed by atoms with E-state index in [9.17, 15) is 29.1 Å². The number of rotatable bonds is 15. The fraction of sp³-hybridized carbons (Fsp3) is 0.737. The first-order chi connectivity index (χ1) is 14.8. The predicted octanol–water partition coefficient (Wildman–Crippen LogP) is -3.11. The van der Waals surface area contributed by atoms with Gasteiger partial charge in [0.05, 0.1) is 18.6 Å². The highest BCUT2D eigenvalue weighted by Gasteiger charge is 2.32. The van der Waals surface area contributed by atoms with Crippen LogP contribution in [0.2, 0.25) is 0 Å². The molecule has 0 fully saturated rings. The van der Waals surface area contributed by atoms with Gasteiger partial charge in [-0.25, -0.2) is 4.79 Å². The third-order valence-electron chi connectivity index (χ3n) is 4.69. The van der Waals surface area contributed by atoms with Gasteiger partial charge in [0.15, 0.2) is 6.04 Å². The Labute approximate surface area is 186 Å². The Morgan fingerprint density at radius 2 is 1.41 bits per heavy atom. The summed E-state index contributed by atoms with van der Waals surface area (Å²) in [5, 5.41) is 25.6. The number of hydrogen-bond acceptors (Lipinski definition) is 8. The number of nitrogens with one attached hydrogen (secondary N) is 3. The molecule has 0 aliphatic carbocycles. The van der Waals surface area contributed by atoms with Crippen molar-refractivity contribution in [1.29, 1.82) is 0 Å². The van der Waals surface area contributed by atoms with Gasteiger partial charge in [-0.3, -0.25) is 19.2 Å². The van der Waals surface area contributed by atoms with Crippen LogP contribution in [0.3, 0.4) is 0 Å². The van der Waals surface area contributed by atoms with Gasteiger partial charge in [-0.15, -0.1) is 0 Å². The van der Waals surface area contributed by atoms with E-state index < -0.39 is 66.3 Å². The Morgan fingerprint density at radius 3 is 1.84 bits per heavy atom. The molecule has 5 unspecified atom stereocenters. The number of aliphatic hydroxyl groups is 1. The Hall–Kier alpha value is -2.77. The summed E-state index contributed by atoms with van der Waals surface area (Å²) in [5.74, 6) is -5.01. The zero-order chi connectivity index (χ0) is 25.0. The quantitative estimate of drug-likeness (QED) is 0.115. The lowest BCUT2D eigenvalue weighted by atomic mass is 10.0. The van der Waals surface area contributed by atoms with Crippen molar-refractivity contribution in [3.63, 3.8) is 0 Å². The van der Waals surface area contributed by atoms with E-state index in [1.54, 1.807) is 13.8 Å². The topological polar surface area (TPSA) is 240 Å². The lowest BCUT2D eigenvalue weighted by Gasteiger charge is -2.25. The molecule has 32 heavy (non-hydrogen) atoms. The SMILES string of the molecule is CC(C)C(N)C(=O)NC(CCCCN)C(=O)NC(CC(N)=O)C(=O)NC(C(=O)O)C(C)O. The van der Waals surface area contributed by atoms with Crippen LogP contribution in [0.1, 0.15) is 46.5 Å². The number of aliphatic carboxylic acids is 1. The number of nitrogens with two attached hydrogens (primary N) is 3. The maximum absolute atomic E-state index is 12.8. The van der Waals surface area contributed by atoms with Crippen LogP contribution in [-0.2, 0) is 24.0 Å². The summed E-state index contributed by atoms with van der Waals surface area (Å²) in [6.45, 7) is 5.00. The molecule has 0 aromatic carbocycles. The summed E-state index contributed by atoms with van der Waals surface area (Å²) in [6.07, 6.45) is -0.811. The van der Waals surface area contributed by atoms with Gasteiger partial charge in [0, 0.05) is 0 Å². The van der Waals surface area contributed by atoms with E-state index in [1.165, 1.54) is 0 Å². The highest BCUT2D eigenvalue weighted by molar-refractivity contribution is 5.96. The van der Waals surface area contributed by atoms with Crippen LogP contribution in [0, 0.1) is 5.92 Å². The van der Waals surface area contributed by atoms with Crippen LogP contribution >= 0.6 is 0 Å². The van der Waals surface area contributed by atoms with E-state index in [-0.39, 0.29) is 12.3 Å². The van der Waals surface area contributed by atoms with Crippen molar-refractivity contribution in [2.24, 2.45) is 23.1 Å². The zero-order valence-electron chi connectivity index (χ0n) is 18.7. The summed E-state index contributed by atoms with van der Waals surface area (Å²) in [6, 6.07) is -5.13. The van der Waals surface area contributed by atoms with Crippen molar-refractivity contribution < 1.29 is 34.2 Å². The number of primary amides is 1. The molecule has 11 N–H and O–H groups in total. The summed E-state index contributed by atoms with van der Waals surface area (Å²) >= 11 is 0. The van der Waals surface area contributed by atoms with E-state index in [4.69, 9.17) is 22.3 Å². The first-order valence-electron chi connectivity index (χ1n) is 10.4. The molecule has 0 heterocycles. The minimum absolute atomic E-state index is 0.190. The van der Waals surface area contributed by atoms with E-state index in [2.05, 4.69) is 16.0 Å². The minimum atomic E-state index is -1.67. The van der Waals surface area contributed by atoms with Gasteiger partial charge in [-0.2, -0.15) is 0 Å². The molecular weight excluding hydrogens is 424 g/mol. The minimum Gasteiger partial charge on any atom is -0.480 e. The molecule has 0 spiro atoms. The first-order valence-corrected chi connectivity index (χ1v) is 10.4. The number of carbonyl (C=O) groups excluding carboxylic acids is 4. The molecule has 0 saturated carbocycles. The van der Waals surface area contributed by atoms with Crippen molar-refractivity contribution in [2.75, 3.05) is 6.54 Å². The van der Waals surface area contributed by atoms with E-state index in [0.29, 0.717) is 19.4 Å². The third kappa shape index (κ3) is 10.5.